The predicted octanol–water partition coefficient (Wildman–Crippen LogP) is 1.29. The first-order valence-electron chi connectivity index (χ1n) is 6.48. The average Bonchev–Trinajstić information content (AvgIpc) is 3.19. The summed E-state index contributed by atoms with van der Waals surface area (Å²) in [7, 11) is 0. The molecule has 4 heterocycles. The van der Waals surface area contributed by atoms with Gasteiger partial charge < -0.3 is 9.47 Å². The van der Waals surface area contributed by atoms with Gasteiger partial charge in [-0.2, -0.15) is 5.10 Å². The molecule has 7 heteroatoms. The van der Waals surface area contributed by atoms with Gasteiger partial charge in [0.25, 0.3) is 0 Å². The van der Waals surface area contributed by atoms with Crippen LogP contribution in [-0.4, -0.2) is 44.1 Å². The number of fused-ring (bicyclic) bond motifs is 1. The molecule has 0 radical (unpaired) electrons. The molecule has 1 saturated heterocycles. The van der Waals surface area contributed by atoms with Crippen LogP contribution in [0.1, 0.15) is 6.42 Å². The molecule has 0 spiro atoms. The highest BCUT2D eigenvalue weighted by Gasteiger charge is 2.18. The number of nitrogens with one attached hydrogen (secondary N) is 1. The first kappa shape index (κ1) is 11.4. The summed E-state index contributed by atoms with van der Waals surface area (Å²) in [6.45, 7) is 1.37. The fraction of sp³-hybridized carbons (Fsp3) is 0.308. The van der Waals surface area contributed by atoms with Crippen molar-refractivity contribution in [2.24, 2.45) is 0 Å². The molecule has 0 amide bonds. The zero-order valence-electron chi connectivity index (χ0n) is 10.7. The van der Waals surface area contributed by atoms with Crippen molar-refractivity contribution in [1.82, 2.24) is 24.8 Å². The van der Waals surface area contributed by atoms with Crippen molar-refractivity contribution < 1.29 is 9.47 Å². The van der Waals surface area contributed by atoms with E-state index in [4.69, 9.17) is 9.47 Å². The number of aromatic nitrogens is 5. The van der Waals surface area contributed by atoms with E-state index in [1.165, 1.54) is 0 Å². The van der Waals surface area contributed by atoms with Crippen molar-refractivity contribution >= 4 is 5.65 Å². The lowest BCUT2D eigenvalue weighted by atomic mass is 10.3. The Morgan fingerprint density at radius 1 is 1.35 bits per heavy atom. The number of aromatic amines is 1. The van der Waals surface area contributed by atoms with E-state index in [0.29, 0.717) is 12.5 Å². The Morgan fingerprint density at radius 3 is 3.15 bits per heavy atom. The molecule has 4 rings (SSSR count). The fourth-order valence-electron chi connectivity index (χ4n) is 2.28. The van der Waals surface area contributed by atoms with Gasteiger partial charge in [0, 0.05) is 24.2 Å². The molecule has 3 aromatic heterocycles. The van der Waals surface area contributed by atoms with Gasteiger partial charge >= 0.3 is 0 Å². The Balaban J connectivity index is 1.71. The van der Waals surface area contributed by atoms with Crippen LogP contribution in [0.5, 0.6) is 5.88 Å². The van der Waals surface area contributed by atoms with E-state index in [9.17, 15) is 0 Å². The molecule has 102 valence electrons. The second-order valence-electron chi connectivity index (χ2n) is 4.68. The first-order valence-corrected chi connectivity index (χ1v) is 6.48. The van der Waals surface area contributed by atoms with Crippen LogP contribution < -0.4 is 4.74 Å². The Morgan fingerprint density at radius 2 is 2.35 bits per heavy atom. The van der Waals surface area contributed by atoms with Crippen LogP contribution in [0.2, 0.25) is 0 Å². The summed E-state index contributed by atoms with van der Waals surface area (Å²) in [6, 6.07) is 3.72. The zero-order chi connectivity index (χ0) is 13.4. The molecule has 20 heavy (non-hydrogen) atoms. The Labute approximate surface area is 114 Å². The molecule has 1 aliphatic heterocycles. The normalized spacial score (nSPS) is 18.7. The molecule has 0 unspecified atom stereocenters. The van der Waals surface area contributed by atoms with Crippen LogP contribution in [0.4, 0.5) is 0 Å². The van der Waals surface area contributed by atoms with Gasteiger partial charge in [-0.1, -0.05) is 0 Å². The molecule has 1 aliphatic rings. The fourth-order valence-corrected chi connectivity index (χ4v) is 2.28. The second-order valence-corrected chi connectivity index (χ2v) is 4.68. The summed E-state index contributed by atoms with van der Waals surface area (Å²) in [5, 5.41) is 11.2. The third-order valence-corrected chi connectivity index (χ3v) is 3.31. The number of hydrogen-bond donors (Lipinski definition) is 1. The van der Waals surface area contributed by atoms with E-state index in [1.54, 1.807) is 16.9 Å². The van der Waals surface area contributed by atoms with E-state index in [-0.39, 0.29) is 6.10 Å². The lowest BCUT2D eigenvalue weighted by Crippen LogP contribution is -2.17. The number of nitrogens with zero attached hydrogens (tertiary/aromatic N) is 4. The summed E-state index contributed by atoms with van der Waals surface area (Å²) < 4.78 is 12.9. The summed E-state index contributed by atoms with van der Waals surface area (Å²) >= 11 is 0. The van der Waals surface area contributed by atoms with Crippen molar-refractivity contribution in [3.63, 3.8) is 0 Å². The molecule has 0 aromatic carbocycles. The zero-order valence-corrected chi connectivity index (χ0v) is 10.7. The molecular formula is C13H13N5O2. The number of H-pyrrole nitrogens is 1. The Kier molecular flexibility index (Phi) is 2.63. The van der Waals surface area contributed by atoms with Gasteiger partial charge in [-0.05, 0) is 6.07 Å². The SMILES string of the molecule is c1n[nH]cc1-c1cnc2ccc(O[C@@H]3CCOC3)nn12. The molecular weight excluding hydrogens is 258 g/mol. The quantitative estimate of drug-likeness (QED) is 0.776. The number of rotatable bonds is 3. The van der Waals surface area contributed by atoms with Crippen LogP contribution in [0.25, 0.3) is 16.9 Å². The van der Waals surface area contributed by atoms with Gasteiger partial charge in [-0.15, -0.1) is 5.10 Å². The highest BCUT2D eigenvalue weighted by Crippen LogP contribution is 2.21. The van der Waals surface area contributed by atoms with E-state index in [1.807, 2.05) is 18.3 Å². The van der Waals surface area contributed by atoms with Crippen LogP contribution in [-0.2, 0) is 4.74 Å². The molecule has 1 N–H and O–H groups in total. The minimum Gasteiger partial charge on any atom is -0.471 e. The maximum atomic E-state index is 5.82. The standard InChI is InChI=1S/C13H13N5O2/c1-2-13(20-10-3-4-19-8-10)17-18-11(7-14-12(1)18)9-5-15-16-6-9/h1-2,5-7,10H,3-4,8H2,(H,15,16)/t10-/m1/s1. The first-order chi connectivity index (χ1) is 9.90. The highest BCUT2D eigenvalue weighted by molar-refractivity contribution is 5.61. The second kappa shape index (κ2) is 4.61. The minimum absolute atomic E-state index is 0.0841. The topological polar surface area (TPSA) is 77.3 Å². The van der Waals surface area contributed by atoms with Gasteiger partial charge in [0.15, 0.2) is 5.65 Å². The number of ether oxygens (including phenoxy) is 2. The van der Waals surface area contributed by atoms with Crippen molar-refractivity contribution in [2.45, 2.75) is 12.5 Å². The maximum absolute atomic E-state index is 5.82. The lowest BCUT2D eigenvalue weighted by molar-refractivity contribution is 0.137. The average molecular weight is 271 g/mol. The third kappa shape index (κ3) is 1.92. The van der Waals surface area contributed by atoms with Crippen LogP contribution >= 0.6 is 0 Å². The lowest BCUT2D eigenvalue weighted by Gasteiger charge is -2.10. The summed E-state index contributed by atoms with van der Waals surface area (Å²) in [4.78, 5) is 4.33. The van der Waals surface area contributed by atoms with E-state index < -0.39 is 0 Å². The Bertz CT molecular complexity index is 716. The summed E-state index contributed by atoms with van der Waals surface area (Å²) in [5.41, 5.74) is 2.59. The summed E-state index contributed by atoms with van der Waals surface area (Å²) in [6.07, 6.45) is 6.31. The molecule has 7 nitrogen and oxygen atoms in total. The third-order valence-electron chi connectivity index (χ3n) is 3.31. The van der Waals surface area contributed by atoms with Crippen LogP contribution in [0.15, 0.2) is 30.7 Å². The summed E-state index contributed by atoms with van der Waals surface area (Å²) in [5.74, 6) is 0.579. The largest absolute Gasteiger partial charge is 0.471 e. The van der Waals surface area contributed by atoms with Crippen molar-refractivity contribution in [3.8, 4) is 17.1 Å². The Hall–Kier alpha value is -2.41. The van der Waals surface area contributed by atoms with Crippen molar-refractivity contribution in [3.05, 3.63) is 30.7 Å². The van der Waals surface area contributed by atoms with Gasteiger partial charge in [0.05, 0.1) is 31.3 Å². The molecule has 1 fully saturated rings. The molecule has 0 aliphatic carbocycles. The van der Waals surface area contributed by atoms with Crippen LogP contribution in [0.3, 0.4) is 0 Å². The van der Waals surface area contributed by atoms with Gasteiger partial charge in [0.1, 0.15) is 6.10 Å². The van der Waals surface area contributed by atoms with E-state index in [0.717, 1.165) is 29.9 Å². The molecule has 1 atom stereocenters. The van der Waals surface area contributed by atoms with E-state index >= 15 is 0 Å². The molecule has 3 aromatic rings. The van der Waals surface area contributed by atoms with E-state index in [2.05, 4.69) is 20.3 Å². The van der Waals surface area contributed by atoms with Crippen molar-refractivity contribution in [1.29, 1.82) is 0 Å². The van der Waals surface area contributed by atoms with Crippen molar-refractivity contribution in [2.75, 3.05) is 13.2 Å². The highest BCUT2D eigenvalue weighted by atomic mass is 16.5. The molecule has 0 saturated carbocycles. The minimum atomic E-state index is 0.0841. The number of hydrogen-bond acceptors (Lipinski definition) is 5. The molecule has 0 bridgehead atoms. The van der Waals surface area contributed by atoms with Gasteiger partial charge in [0.2, 0.25) is 5.88 Å². The predicted molar refractivity (Wildman–Crippen MR) is 70.4 cm³/mol. The van der Waals surface area contributed by atoms with Gasteiger partial charge in [-0.3, -0.25) is 5.10 Å². The maximum Gasteiger partial charge on any atom is 0.232 e. The monoisotopic (exact) mass is 271 g/mol. The smallest absolute Gasteiger partial charge is 0.232 e. The number of imidazole rings is 1. The van der Waals surface area contributed by atoms with Gasteiger partial charge in [-0.25, -0.2) is 9.50 Å². The van der Waals surface area contributed by atoms with Crippen LogP contribution in [0, 0.1) is 0 Å².